The molecule has 0 amide bonds. The van der Waals surface area contributed by atoms with Gasteiger partial charge in [0, 0.05) is 0 Å². The van der Waals surface area contributed by atoms with E-state index in [9.17, 15) is 4.39 Å². The lowest BCUT2D eigenvalue weighted by Crippen LogP contribution is -1.89. The van der Waals surface area contributed by atoms with Crippen LogP contribution in [0, 0.1) is 9.39 Å². The predicted octanol–water partition coefficient (Wildman–Crippen LogP) is 3.20. The predicted molar refractivity (Wildman–Crippen MR) is 53.4 cm³/mol. The van der Waals surface area contributed by atoms with Gasteiger partial charge in [-0.3, -0.25) is 0 Å². The Kier molecular flexibility index (Phi) is 3.12. The molecule has 0 bridgehead atoms. The SMILES string of the molecule is COc1ccc(I)c(F)c1Br. The highest BCUT2D eigenvalue weighted by Gasteiger charge is 2.08. The molecule has 0 aromatic heterocycles. The highest BCUT2D eigenvalue weighted by atomic mass is 127. The monoisotopic (exact) mass is 330 g/mol. The van der Waals surface area contributed by atoms with Crippen molar-refractivity contribution in [3.8, 4) is 5.75 Å². The quantitative estimate of drug-likeness (QED) is 0.567. The smallest absolute Gasteiger partial charge is 0.154 e. The molecular formula is C7H5BrFIO. The van der Waals surface area contributed by atoms with Gasteiger partial charge in [0.05, 0.1) is 15.2 Å². The maximum Gasteiger partial charge on any atom is 0.154 e. The summed E-state index contributed by atoms with van der Waals surface area (Å²) < 4.78 is 18.9. The largest absolute Gasteiger partial charge is 0.495 e. The molecule has 0 radical (unpaired) electrons. The van der Waals surface area contributed by atoms with Gasteiger partial charge >= 0.3 is 0 Å². The van der Waals surface area contributed by atoms with Crippen LogP contribution in [-0.4, -0.2) is 7.11 Å². The second-order valence-electron chi connectivity index (χ2n) is 1.88. The molecule has 0 spiro atoms. The summed E-state index contributed by atoms with van der Waals surface area (Å²) in [5.41, 5.74) is 0. The van der Waals surface area contributed by atoms with Crippen LogP contribution in [-0.2, 0) is 0 Å². The minimum absolute atomic E-state index is 0.273. The molecule has 0 aliphatic rings. The molecule has 0 atom stereocenters. The topological polar surface area (TPSA) is 9.23 Å². The van der Waals surface area contributed by atoms with Crippen LogP contribution in [0.3, 0.4) is 0 Å². The van der Waals surface area contributed by atoms with Crippen LogP contribution in [0.5, 0.6) is 5.75 Å². The highest BCUT2D eigenvalue weighted by Crippen LogP contribution is 2.29. The van der Waals surface area contributed by atoms with Gasteiger partial charge in [-0.2, -0.15) is 0 Å². The Balaban J connectivity index is 3.25. The average molecular weight is 331 g/mol. The zero-order valence-corrected chi connectivity index (χ0v) is 9.44. The summed E-state index contributed by atoms with van der Waals surface area (Å²) in [6.45, 7) is 0. The Hall–Kier alpha value is 0.160. The fourth-order valence-electron chi connectivity index (χ4n) is 0.666. The number of hydrogen-bond acceptors (Lipinski definition) is 1. The normalized spacial score (nSPS) is 9.82. The first kappa shape index (κ1) is 9.25. The number of ether oxygens (including phenoxy) is 1. The molecule has 0 aliphatic carbocycles. The van der Waals surface area contributed by atoms with Crippen molar-refractivity contribution in [2.75, 3.05) is 7.11 Å². The van der Waals surface area contributed by atoms with E-state index in [-0.39, 0.29) is 5.82 Å². The molecule has 1 aromatic carbocycles. The van der Waals surface area contributed by atoms with Gasteiger partial charge < -0.3 is 4.74 Å². The zero-order valence-electron chi connectivity index (χ0n) is 5.70. The summed E-state index contributed by atoms with van der Waals surface area (Å²) in [6.07, 6.45) is 0. The van der Waals surface area contributed by atoms with E-state index in [0.29, 0.717) is 13.8 Å². The van der Waals surface area contributed by atoms with Crippen molar-refractivity contribution < 1.29 is 9.13 Å². The second kappa shape index (κ2) is 3.71. The third-order valence-electron chi connectivity index (χ3n) is 1.22. The number of benzene rings is 1. The molecule has 1 rings (SSSR count). The van der Waals surface area contributed by atoms with Crippen molar-refractivity contribution in [1.82, 2.24) is 0 Å². The molecule has 0 N–H and O–H groups in total. The van der Waals surface area contributed by atoms with E-state index in [2.05, 4.69) is 15.9 Å². The van der Waals surface area contributed by atoms with Gasteiger partial charge in [0.2, 0.25) is 0 Å². The lowest BCUT2D eigenvalue weighted by atomic mass is 10.3. The Morgan fingerprint density at radius 1 is 1.55 bits per heavy atom. The molecule has 0 unspecified atom stereocenters. The van der Waals surface area contributed by atoms with E-state index in [1.807, 2.05) is 22.6 Å². The molecular weight excluding hydrogens is 326 g/mol. The second-order valence-corrected chi connectivity index (χ2v) is 3.83. The molecule has 0 saturated heterocycles. The first-order valence-electron chi connectivity index (χ1n) is 2.84. The summed E-state index contributed by atoms with van der Waals surface area (Å²) in [6, 6.07) is 3.38. The maximum atomic E-state index is 13.0. The minimum atomic E-state index is -0.273. The van der Waals surface area contributed by atoms with E-state index >= 15 is 0 Å². The van der Waals surface area contributed by atoms with Crippen LogP contribution in [0.25, 0.3) is 0 Å². The van der Waals surface area contributed by atoms with E-state index in [1.165, 1.54) is 7.11 Å². The first-order chi connectivity index (χ1) is 5.16. The maximum absolute atomic E-state index is 13.0. The first-order valence-corrected chi connectivity index (χ1v) is 4.71. The molecule has 1 nitrogen and oxygen atoms in total. The molecule has 4 heteroatoms. The number of halogens is 3. The molecule has 1 aromatic rings. The van der Waals surface area contributed by atoms with Crippen LogP contribution in [0.15, 0.2) is 16.6 Å². The lowest BCUT2D eigenvalue weighted by molar-refractivity contribution is 0.407. The van der Waals surface area contributed by atoms with Crippen molar-refractivity contribution in [3.63, 3.8) is 0 Å². The van der Waals surface area contributed by atoms with E-state index in [4.69, 9.17) is 4.74 Å². The molecule has 0 fully saturated rings. The summed E-state index contributed by atoms with van der Waals surface area (Å²) in [4.78, 5) is 0. The van der Waals surface area contributed by atoms with E-state index in [1.54, 1.807) is 12.1 Å². The van der Waals surface area contributed by atoms with Crippen molar-refractivity contribution in [1.29, 1.82) is 0 Å². The standard InChI is InChI=1S/C7H5BrFIO/c1-11-5-3-2-4(10)7(9)6(5)8/h2-3H,1H3. The Morgan fingerprint density at radius 3 is 2.73 bits per heavy atom. The number of rotatable bonds is 1. The Labute approximate surface area is 86.2 Å². The Morgan fingerprint density at radius 2 is 2.18 bits per heavy atom. The fraction of sp³-hybridized carbons (Fsp3) is 0.143. The van der Waals surface area contributed by atoms with Gasteiger partial charge in [0.25, 0.3) is 0 Å². The van der Waals surface area contributed by atoms with Gasteiger partial charge in [0.15, 0.2) is 5.82 Å². The summed E-state index contributed by atoms with van der Waals surface area (Å²) >= 11 is 5.01. The third kappa shape index (κ3) is 1.84. The third-order valence-corrected chi connectivity index (χ3v) is 2.79. The van der Waals surface area contributed by atoms with Crippen LogP contribution in [0.4, 0.5) is 4.39 Å². The van der Waals surface area contributed by atoms with Crippen molar-refractivity contribution >= 4 is 38.5 Å². The number of methoxy groups -OCH3 is 1. The molecule has 0 aliphatic heterocycles. The fourth-order valence-corrected chi connectivity index (χ4v) is 1.99. The zero-order chi connectivity index (χ0) is 8.43. The van der Waals surface area contributed by atoms with Gasteiger partial charge in [-0.1, -0.05) is 0 Å². The molecule has 0 saturated carbocycles. The summed E-state index contributed by atoms with van der Waals surface area (Å²) in [5.74, 6) is 0.243. The van der Waals surface area contributed by atoms with Crippen molar-refractivity contribution in [2.24, 2.45) is 0 Å². The number of hydrogen-bond donors (Lipinski definition) is 0. The van der Waals surface area contributed by atoms with Crippen molar-refractivity contribution in [3.05, 3.63) is 26.0 Å². The van der Waals surface area contributed by atoms with Gasteiger partial charge in [-0.05, 0) is 50.7 Å². The van der Waals surface area contributed by atoms with Gasteiger partial charge in [0.1, 0.15) is 5.75 Å². The van der Waals surface area contributed by atoms with Crippen LogP contribution in [0.2, 0.25) is 0 Å². The van der Waals surface area contributed by atoms with Gasteiger partial charge in [-0.15, -0.1) is 0 Å². The van der Waals surface area contributed by atoms with Crippen LogP contribution >= 0.6 is 38.5 Å². The summed E-state index contributed by atoms with van der Waals surface area (Å²) in [7, 11) is 1.51. The van der Waals surface area contributed by atoms with Crippen LogP contribution < -0.4 is 4.74 Å². The van der Waals surface area contributed by atoms with Crippen LogP contribution in [0.1, 0.15) is 0 Å². The summed E-state index contributed by atoms with van der Waals surface area (Å²) in [5, 5.41) is 0. The minimum Gasteiger partial charge on any atom is -0.495 e. The average Bonchev–Trinajstić information content (AvgIpc) is 2.01. The molecule has 60 valence electrons. The van der Waals surface area contributed by atoms with E-state index < -0.39 is 0 Å². The Bertz CT molecular complexity index is 277. The van der Waals surface area contributed by atoms with Gasteiger partial charge in [-0.25, -0.2) is 4.39 Å². The lowest BCUT2D eigenvalue weighted by Gasteiger charge is -2.03. The molecule has 0 heterocycles. The van der Waals surface area contributed by atoms with Crippen molar-refractivity contribution in [2.45, 2.75) is 0 Å². The highest BCUT2D eigenvalue weighted by molar-refractivity contribution is 14.1. The molecule has 11 heavy (non-hydrogen) atoms. The van der Waals surface area contributed by atoms with E-state index in [0.717, 1.165) is 0 Å².